The standard InChI is InChI=1S/C16H12Cl3NO2/c1-16-8-3-2-7(4-8)12(16)14(21)20(15(16)22)9-5-10(17)13(19)11(18)6-9/h2-3,5-8,12H,4H2,1H3/t7-,8-,12+,16-/m1/s1. The van der Waals surface area contributed by atoms with Gasteiger partial charge in [-0.1, -0.05) is 47.0 Å². The molecule has 4 atom stereocenters. The SMILES string of the molecule is C[C@]12C(=O)N(c3cc(Cl)c(Cl)c(Cl)c3)C(=O)[C@@H]1[C@@H]1C=C[C@@H]2C1. The van der Waals surface area contributed by atoms with Crippen molar-refractivity contribution < 1.29 is 9.59 Å². The van der Waals surface area contributed by atoms with Gasteiger partial charge in [0.2, 0.25) is 11.8 Å². The molecule has 2 fully saturated rings. The van der Waals surface area contributed by atoms with E-state index >= 15 is 0 Å². The molecule has 4 rings (SSSR count). The zero-order valence-corrected chi connectivity index (χ0v) is 13.9. The van der Waals surface area contributed by atoms with E-state index in [1.54, 1.807) is 0 Å². The number of halogens is 3. The van der Waals surface area contributed by atoms with Crippen LogP contribution < -0.4 is 4.90 Å². The quantitative estimate of drug-likeness (QED) is 0.426. The van der Waals surface area contributed by atoms with Crippen LogP contribution in [0.1, 0.15) is 13.3 Å². The number of benzene rings is 1. The molecule has 3 nitrogen and oxygen atoms in total. The number of carbonyl (C=O) groups excluding carboxylic acids is 2. The van der Waals surface area contributed by atoms with Crippen LogP contribution in [0.15, 0.2) is 24.3 Å². The second-order valence-electron chi connectivity index (χ2n) is 6.35. The number of fused-ring (bicyclic) bond motifs is 5. The van der Waals surface area contributed by atoms with Gasteiger partial charge in [-0.2, -0.15) is 0 Å². The first kappa shape index (κ1) is 14.6. The van der Waals surface area contributed by atoms with Gasteiger partial charge in [0.15, 0.2) is 0 Å². The van der Waals surface area contributed by atoms with E-state index in [-0.39, 0.29) is 44.6 Å². The Labute approximate surface area is 142 Å². The summed E-state index contributed by atoms with van der Waals surface area (Å²) in [6.07, 6.45) is 5.01. The predicted octanol–water partition coefficient (Wildman–Crippen LogP) is 4.35. The summed E-state index contributed by atoms with van der Waals surface area (Å²) in [5.74, 6) is -0.354. The molecule has 1 aromatic rings. The van der Waals surface area contributed by atoms with Crippen LogP contribution in [0.3, 0.4) is 0 Å². The molecule has 1 heterocycles. The zero-order chi connectivity index (χ0) is 15.8. The Kier molecular flexibility index (Phi) is 2.98. The first-order chi connectivity index (χ1) is 10.4. The maximum absolute atomic E-state index is 13.0. The van der Waals surface area contributed by atoms with E-state index in [1.807, 2.05) is 6.92 Å². The largest absolute Gasteiger partial charge is 0.274 e. The van der Waals surface area contributed by atoms with Gasteiger partial charge in [-0.15, -0.1) is 0 Å². The van der Waals surface area contributed by atoms with Gasteiger partial charge in [-0.3, -0.25) is 9.59 Å². The number of allylic oxidation sites excluding steroid dienone is 2. The summed E-state index contributed by atoms with van der Waals surface area (Å²) >= 11 is 18.0. The smallest absolute Gasteiger partial charge is 0.241 e. The highest BCUT2D eigenvalue weighted by atomic mass is 35.5. The molecule has 0 spiro atoms. The highest BCUT2D eigenvalue weighted by molar-refractivity contribution is 6.48. The molecule has 2 aliphatic carbocycles. The number of carbonyl (C=O) groups is 2. The van der Waals surface area contributed by atoms with Crippen molar-refractivity contribution in [1.29, 1.82) is 0 Å². The Morgan fingerprint density at radius 2 is 1.77 bits per heavy atom. The minimum atomic E-state index is -0.658. The predicted molar refractivity (Wildman–Crippen MR) is 86.3 cm³/mol. The number of hydrogen-bond donors (Lipinski definition) is 0. The lowest BCUT2D eigenvalue weighted by atomic mass is 9.71. The Bertz CT molecular complexity index is 737. The fraction of sp³-hybridized carbons (Fsp3) is 0.375. The maximum Gasteiger partial charge on any atom is 0.241 e. The van der Waals surface area contributed by atoms with Gasteiger partial charge >= 0.3 is 0 Å². The van der Waals surface area contributed by atoms with E-state index in [4.69, 9.17) is 34.8 Å². The van der Waals surface area contributed by atoms with Crippen molar-refractivity contribution in [2.24, 2.45) is 23.2 Å². The summed E-state index contributed by atoms with van der Waals surface area (Å²) in [6, 6.07) is 3.04. The molecule has 0 unspecified atom stereocenters. The second-order valence-corrected chi connectivity index (χ2v) is 7.55. The van der Waals surface area contributed by atoms with Gasteiger partial charge in [-0.05, 0) is 37.3 Å². The van der Waals surface area contributed by atoms with Crippen molar-refractivity contribution in [2.75, 3.05) is 4.90 Å². The van der Waals surface area contributed by atoms with E-state index in [1.165, 1.54) is 17.0 Å². The lowest BCUT2D eigenvalue weighted by molar-refractivity contribution is -0.127. The maximum atomic E-state index is 13.0. The fourth-order valence-corrected chi connectivity index (χ4v) is 4.81. The molecule has 1 saturated carbocycles. The van der Waals surface area contributed by atoms with Crippen LogP contribution in [-0.2, 0) is 9.59 Å². The summed E-state index contributed by atoms with van der Waals surface area (Å²) in [6.45, 7) is 1.89. The number of amides is 2. The molecule has 1 saturated heterocycles. The van der Waals surface area contributed by atoms with Crippen molar-refractivity contribution >= 4 is 52.3 Å². The molecular weight excluding hydrogens is 345 g/mol. The number of nitrogens with zero attached hydrogens (tertiary/aromatic N) is 1. The lowest BCUT2D eigenvalue weighted by Crippen LogP contribution is -2.37. The third-order valence-corrected chi connectivity index (χ3v) is 6.54. The monoisotopic (exact) mass is 355 g/mol. The van der Waals surface area contributed by atoms with Gasteiger partial charge in [-0.25, -0.2) is 4.90 Å². The van der Waals surface area contributed by atoms with E-state index in [2.05, 4.69) is 12.2 Å². The molecule has 0 N–H and O–H groups in total. The molecule has 3 aliphatic rings. The highest BCUT2D eigenvalue weighted by Gasteiger charge is 2.67. The van der Waals surface area contributed by atoms with Gasteiger partial charge < -0.3 is 0 Å². The molecule has 2 bridgehead atoms. The van der Waals surface area contributed by atoms with Crippen molar-refractivity contribution in [3.8, 4) is 0 Å². The van der Waals surface area contributed by atoms with Crippen molar-refractivity contribution in [2.45, 2.75) is 13.3 Å². The van der Waals surface area contributed by atoms with Gasteiger partial charge in [0, 0.05) is 0 Å². The molecular formula is C16H12Cl3NO2. The first-order valence-corrected chi connectivity index (χ1v) is 8.20. The average Bonchev–Trinajstić information content (AvgIpc) is 3.09. The molecule has 2 amide bonds. The van der Waals surface area contributed by atoms with E-state index in [0.29, 0.717) is 5.69 Å². The summed E-state index contributed by atoms with van der Waals surface area (Å²) in [7, 11) is 0. The van der Waals surface area contributed by atoms with Crippen molar-refractivity contribution in [3.63, 3.8) is 0 Å². The topological polar surface area (TPSA) is 37.4 Å². The van der Waals surface area contributed by atoms with Crippen LogP contribution in [-0.4, -0.2) is 11.8 Å². The first-order valence-electron chi connectivity index (χ1n) is 7.07. The normalized spacial score (nSPS) is 35.6. The minimum absolute atomic E-state index is 0.127. The Morgan fingerprint density at radius 1 is 1.14 bits per heavy atom. The second kappa shape index (κ2) is 4.50. The summed E-state index contributed by atoms with van der Waals surface area (Å²) in [4.78, 5) is 27.0. The van der Waals surface area contributed by atoms with Crippen LogP contribution in [0.5, 0.6) is 0 Å². The Hall–Kier alpha value is -1.03. The van der Waals surface area contributed by atoms with Crippen molar-refractivity contribution in [3.05, 3.63) is 39.4 Å². The van der Waals surface area contributed by atoms with Crippen LogP contribution in [0.2, 0.25) is 15.1 Å². The van der Waals surface area contributed by atoms with E-state index in [0.717, 1.165) is 6.42 Å². The molecule has 6 heteroatoms. The van der Waals surface area contributed by atoms with Gasteiger partial charge in [0.25, 0.3) is 0 Å². The average molecular weight is 357 g/mol. The summed E-state index contributed by atoms with van der Waals surface area (Å²) in [5, 5.41) is 0.681. The number of hydrogen-bond acceptors (Lipinski definition) is 2. The summed E-state index contributed by atoms with van der Waals surface area (Å²) < 4.78 is 0. The molecule has 1 aromatic carbocycles. The molecule has 1 aliphatic heterocycles. The van der Waals surface area contributed by atoms with E-state index in [9.17, 15) is 9.59 Å². The van der Waals surface area contributed by atoms with Crippen LogP contribution in [0.25, 0.3) is 0 Å². The van der Waals surface area contributed by atoms with Gasteiger partial charge in [0.1, 0.15) is 0 Å². The Balaban J connectivity index is 1.83. The lowest BCUT2D eigenvalue weighted by Gasteiger charge is -2.28. The van der Waals surface area contributed by atoms with Crippen LogP contribution >= 0.6 is 34.8 Å². The Morgan fingerprint density at radius 3 is 2.36 bits per heavy atom. The molecule has 114 valence electrons. The fourth-order valence-electron chi connectivity index (χ4n) is 4.22. The van der Waals surface area contributed by atoms with Gasteiger partial charge in [0.05, 0.1) is 32.1 Å². The molecule has 22 heavy (non-hydrogen) atoms. The van der Waals surface area contributed by atoms with Crippen molar-refractivity contribution in [1.82, 2.24) is 0 Å². The minimum Gasteiger partial charge on any atom is -0.274 e. The third kappa shape index (κ3) is 1.60. The highest BCUT2D eigenvalue weighted by Crippen LogP contribution is 2.61. The summed E-state index contributed by atoms with van der Waals surface area (Å²) in [5.41, 5.74) is -0.265. The number of imide groups is 1. The molecule has 0 radical (unpaired) electrons. The van der Waals surface area contributed by atoms with Crippen LogP contribution in [0, 0.1) is 23.2 Å². The van der Waals surface area contributed by atoms with Crippen LogP contribution in [0.4, 0.5) is 5.69 Å². The zero-order valence-electron chi connectivity index (χ0n) is 11.6. The number of rotatable bonds is 1. The molecule has 0 aromatic heterocycles. The van der Waals surface area contributed by atoms with E-state index < -0.39 is 5.41 Å². The third-order valence-electron chi connectivity index (χ3n) is 5.34. The number of anilines is 1.